The number of pyridine rings is 1. The van der Waals surface area contributed by atoms with Crippen LogP contribution in [0.2, 0.25) is 0 Å². The monoisotopic (exact) mass is 271 g/mol. The molecule has 106 valence electrons. The fraction of sp³-hybridized carbons (Fsp3) is 0.438. The summed E-state index contributed by atoms with van der Waals surface area (Å²) in [5.41, 5.74) is 8.60. The van der Waals surface area contributed by atoms with E-state index in [9.17, 15) is 4.79 Å². The SMILES string of the molecule is Cc1c2n(cc(N)c1=O)C(C)(C)C(C)(C)n1cccc1-2. The number of fused-ring (bicyclic) bond motifs is 3. The standard InChI is InChI=1S/C16H21N3O/c1-10-13-12-7-6-8-18(12)15(2,3)16(4,5)19(13)9-11(17)14(10)20/h6-9H,17H2,1-5H3. The Kier molecular flexibility index (Phi) is 2.32. The summed E-state index contributed by atoms with van der Waals surface area (Å²) in [6, 6.07) is 4.09. The number of aromatic nitrogens is 2. The minimum absolute atomic E-state index is 0.0699. The largest absolute Gasteiger partial charge is 0.394 e. The van der Waals surface area contributed by atoms with Crippen LogP contribution < -0.4 is 11.2 Å². The van der Waals surface area contributed by atoms with Gasteiger partial charge < -0.3 is 14.9 Å². The molecule has 0 aromatic carbocycles. The van der Waals surface area contributed by atoms with E-state index in [4.69, 9.17) is 5.73 Å². The van der Waals surface area contributed by atoms with Gasteiger partial charge in [0.15, 0.2) is 0 Å². The predicted octanol–water partition coefficient (Wildman–Crippen LogP) is 2.69. The van der Waals surface area contributed by atoms with Crippen molar-refractivity contribution in [2.24, 2.45) is 0 Å². The fourth-order valence-corrected chi connectivity index (χ4v) is 3.17. The number of nitrogen functional groups attached to an aromatic ring is 1. The van der Waals surface area contributed by atoms with E-state index >= 15 is 0 Å². The summed E-state index contributed by atoms with van der Waals surface area (Å²) in [7, 11) is 0. The van der Waals surface area contributed by atoms with Crippen LogP contribution in [0.5, 0.6) is 0 Å². The van der Waals surface area contributed by atoms with Crippen molar-refractivity contribution >= 4 is 5.69 Å². The van der Waals surface area contributed by atoms with E-state index in [-0.39, 0.29) is 16.5 Å². The molecule has 4 heteroatoms. The molecule has 0 amide bonds. The van der Waals surface area contributed by atoms with Crippen LogP contribution in [0.1, 0.15) is 33.3 Å². The molecule has 0 radical (unpaired) electrons. The summed E-state index contributed by atoms with van der Waals surface area (Å²) in [6.45, 7) is 10.6. The highest BCUT2D eigenvalue weighted by Gasteiger charge is 2.45. The molecule has 1 aliphatic rings. The predicted molar refractivity (Wildman–Crippen MR) is 81.9 cm³/mol. The molecule has 0 saturated carbocycles. The Morgan fingerprint density at radius 1 is 1.10 bits per heavy atom. The van der Waals surface area contributed by atoms with Gasteiger partial charge in [0, 0.05) is 18.0 Å². The first-order valence-corrected chi connectivity index (χ1v) is 6.90. The molecule has 20 heavy (non-hydrogen) atoms. The van der Waals surface area contributed by atoms with Crippen LogP contribution in [0.25, 0.3) is 11.4 Å². The lowest BCUT2D eigenvalue weighted by Gasteiger charge is -2.50. The van der Waals surface area contributed by atoms with Crippen LogP contribution in [0, 0.1) is 6.92 Å². The number of rotatable bonds is 0. The van der Waals surface area contributed by atoms with Crippen LogP contribution in [0.4, 0.5) is 5.69 Å². The molecule has 0 spiro atoms. The molecule has 0 fully saturated rings. The van der Waals surface area contributed by atoms with Gasteiger partial charge in [-0.05, 0) is 46.8 Å². The van der Waals surface area contributed by atoms with E-state index in [1.54, 1.807) is 6.20 Å². The van der Waals surface area contributed by atoms with Crippen molar-refractivity contribution < 1.29 is 0 Å². The third kappa shape index (κ3) is 1.29. The number of hydrogen-bond acceptors (Lipinski definition) is 2. The van der Waals surface area contributed by atoms with Crippen molar-refractivity contribution in [3.05, 3.63) is 40.3 Å². The molecule has 3 heterocycles. The fourth-order valence-electron chi connectivity index (χ4n) is 3.17. The highest BCUT2D eigenvalue weighted by Crippen LogP contribution is 2.45. The normalized spacial score (nSPS) is 18.4. The van der Waals surface area contributed by atoms with Gasteiger partial charge in [-0.15, -0.1) is 0 Å². The van der Waals surface area contributed by atoms with Crippen molar-refractivity contribution in [1.82, 2.24) is 9.13 Å². The van der Waals surface area contributed by atoms with Crippen molar-refractivity contribution in [3.63, 3.8) is 0 Å². The summed E-state index contributed by atoms with van der Waals surface area (Å²) in [4.78, 5) is 12.2. The van der Waals surface area contributed by atoms with Gasteiger partial charge in [0.05, 0.1) is 28.2 Å². The third-order valence-corrected chi connectivity index (χ3v) is 5.16. The molecule has 0 unspecified atom stereocenters. The van der Waals surface area contributed by atoms with Gasteiger partial charge >= 0.3 is 0 Å². The molecule has 0 saturated heterocycles. The number of nitrogens with zero attached hydrogens (tertiary/aromatic N) is 2. The van der Waals surface area contributed by atoms with Crippen LogP contribution in [0.3, 0.4) is 0 Å². The Bertz CT molecular complexity index is 763. The van der Waals surface area contributed by atoms with E-state index in [2.05, 4.69) is 49.1 Å². The van der Waals surface area contributed by atoms with Gasteiger partial charge in [0.1, 0.15) is 0 Å². The molecule has 2 aromatic heterocycles. The van der Waals surface area contributed by atoms with Gasteiger partial charge in [0.25, 0.3) is 0 Å². The first kappa shape index (κ1) is 13.0. The van der Waals surface area contributed by atoms with Gasteiger partial charge in [0.2, 0.25) is 5.43 Å². The Morgan fingerprint density at radius 2 is 1.70 bits per heavy atom. The quantitative estimate of drug-likeness (QED) is 0.801. The van der Waals surface area contributed by atoms with Gasteiger partial charge in [-0.1, -0.05) is 0 Å². The van der Waals surface area contributed by atoms with Crippen LogP contribution in [-0.4, -0.2) is 9.13 Å². The van der Waals surface area contributed by atoms with E-state index in [0.717, 1.165) is 11.4 Å². The van der Waals surface area contributed by atoms with E-state index < -0.39 is 0 Å². The first-order chi connectivity index (χ1) is 9.19. The molecule has 0 bridgehead atoms. The molecule has 2 aromatic rings. The molecule has 3 rings (SSSR count). The molecule has 1 aliphatic heterocycles. The molecule has 0 aliphatic carbocycles. The zero-order chi connectivity index (χ0) is 14.9. The summed E-state index contributed by atoms with van der Waals surface area (Å²) in [5.74, 6) is 0. The summed E-state index contributed by atoms with van der Waals surface area (Å²) in [6.07, 6.45) is 3.88. The first-order valence-electron chi connectivity index (χ1n) is 6.90. The lowest BCUT2D eigenvalue weighted by atomic mass is 9.79. The van der Waals surface area contributed by atoms with Crippen molar-refractivity contribution in [2.45, 2.75) is 45.7 Å². The molecule has 2 N–H and O–H groups in total. The second-order valence-corrected chi connectivity index (χ2v) is 6.64. The summed E-state index contributed by atoms with van der Waals surface area (Å²) < 4.78 is 4.42. The average molecular weight is 271 g/mol. The Hall–Kier alpha value is -1.97. The second-order valence-electron chi connectivity index (χ2n) is 6.64. The number of anilines is 1. The van der Waals surface area contributed by atoms with Gasteiger partial charge in [-0.3, -0.25) is 4.79 Å². The minimum atomic E-state index is -0.194. The number of nitrogens with two attached hydrogens (primary N) is 1. The molecule has 4 nitrogen and oxygen atoms in total. The lowest BCUT2D eigenvalue weighted by molar-refractivity contribution is 0.118. The Balaban J connectivity index is 2.53. The highest BCUT2D eigenvalue weighted by atomic mass is 16.1. The zero-order valence-corrected chi connectivity index (χ0v) is 12.7. The third-order valence-electron chi connectivity index (χ3n) is 5.16. The maximum Gasteiger partial charge on any atom is 0.207 e. The van der Waals surface area contributed by atoms with Crippen molar-refractivity contribution in [2.75, 3.05) is 5.73 Å². The maximum absolute atomic E-state index is 12.2. The Morgan fingerprint density at radius 3 is 2.35 bits per heavy atom. The number of hydrogen-bond donors (Lipinski definition) is 1. The van der Waals surface area contributed by atoms with E-state index in [1.807, 2.05) is 13.0 Å². The smallest absolute Gasteiger partial charge is 0.207 e. The Labute approximate surface area is 118 Å². The van der Waals surface area contributed by atoms with Crippen molar-refractivity contribution in [3.8, 4) is 11.4 Å². The molecular weight excluding hydrogens is 250 g/mol. The van der Waals surface area contributed by atoms with Crippen LogP contribution in [-0.2, 0) is 11.1 Å². The highest BCUT2D eigenvalue weighted by molar-refractivity contribution is 5.65. The zero-order valence-electron chi connectivity index (χ0n) is 12.7. The van der Waals surface area contributed by atoms with Gasteiger partial charge in [-0.2, -0.15) is 0 Å². The van der Waals surface area contributed by atoms with Gasteiger partial charge in [-0.25, -0.2) is 0 Å². The average Bonchev–Trinajstić information content (AvgIpc) is 2.83. The molecular formula is C16H21N3O. The van der Waals surface area contributed by atoms with E-state index in [1.165, 1.54) is 0 Å². The molecule has 0 atom stereocenters. The second kappa shape index (κ2) is 3.57. The van der Waals surface area contributed by atoms with E-state index in [0.29, 0.717) is 11.3 Å². The summed E-state index contributed by atoms with van der Waals surface area (Å²) >= 11 is 0. The van der Waals surface area contributed by atoms with Crippen molar-refractivity contribution in [1.29, 1.82) is 0 Å². The van der Waals surface area contributed by atoms with Crippen LogP contribution >= 0.6 is 0 Å². The minimum Gasteiger partial charge on any atom is -0.394 e. The maximum atomic E-state index is 12.2. The topological polar surface area (TPSA) is 52.9 Å². The lowest BCUT2D eigenvalue weighted by Crippen LogP contribution is -2.53. The summed E-state index contributed by atoms with van der Waals surface area (Å²) in [5, 5.41) is 0. The van der Waals surface area contributed by atoms with Crippen LogP contribution in [0.15, 0.2) is 29.3 Å².